The summed E-state index contributed by atoms with van der Waals surface area (Å²) in [6.07, 6.45) is 44.9. The number of aliphatic hydroxyl groups excluding tert-OH is 1. The molecule has 0 aromatic carbocycles. The molecule has 0 fully saturated rings. The lowest BCUT2D eigenvalue weighted by atomic mass is 10.0. The van der Waals surface area contributed by atoms with Gasteiger partial charge in [-0.3, -0.25) is 13.8 Å². The molecule has 0 saturated carbocycles. The van der Waals surface area contributed by atoms with Crippen molar-refractivity contribution in [2.45, 2.75) is 187 Å². The van der Waals surface area contributed by atoms with E-state index in [1.807, 2.05) is 27.2 Å². The van der Waals surface area contributed by atoms with Crippen LogP contribution in [0.1, 0.15) is 174 Å². The van der Waals surface area contributed by atoms with Crippen molar-refractivity contribution in [3.8, 4) is 0 Å². The molecule has 0 aromatic heterocycles. The van der Waals surface area contributed by atoms with E-state index in [0.29, 0.717) is 17.4 Å². The predicted molar refractivity (Wildman–Crippen MR) is 226 cm³/mol. The zero-order valence-corrected chi connectivity index (χ0v) is 35.9. The van der Waals surface area contributed by atoms with Crippen molar-refractivity contribution in [1.82, 2.24) is 5.32 Å². The van der Waals surface area contributed by atoms with Crippen molar-refractivity contribution in [2.24, 2.45) is 0 Å². The number of likely N-dealkylation sites (N-methyl/N-ethyl adjacent to an activating group) is 1. The second kappa shape index (κ2) is 36.1. The molecular formula is C44H84N2O6P+. The van der Waals surface area contributed by atoms with Gasteiger partial charge in [0.15, 0.2) is 0 Å². The maximum absolute atomic E-state index is 12.8. The number of phosphoric acid groups is 1. The number of amides is 1. The quantitative estimate of drug-likeness (QED) is 0.0250. The molecular weight excluding hydrogens is 683 g/mol. The van der Waals surface area contributed by atoms with Gasteiger partial charge in [-0.05, 0) is 57.8 Å². The average Bonchev–Trinajstić information content (AvgIpc) is 3.10. The Kier molecular flexibility index (Phi) is 35.1. The van der Waals surface area contributed by atoms with Crippen LogP contribution in [0.3, 0.4) is 0 Å². The highest BCUT2D eigenvalue weighted by molar-refractivity contribution is 7.47. The second-order valence-electron chi connectivity index (χ2n) is 15.7. The molecule has 0 aliphatic carbocycles. The first-order chi connectivity index (χ1) is 25.5. The van der Waals surface area contributed by atoms with E-state index in [9.17, 15) is 19.4 Å². The number of nitrogens with one attached hydrogen (secondary N) is 1. The maximum atomic E-state index is 12.8. The number of phosphoric ester groups is 1. The van der Waals surface area contributed by atoms with Gasteiger partial charge in [0, 0.05) is 6.42 Å². The molecule has 0 aliphatic heterocycles. The van der Waals surface area contributed by atoms with Crippen molar-refractivity contribution < 1.29 is 32.9 Å². The third kappa shape index (κ3) is 38.5. The van der Waals surface area contributed by atoms with Crippen LogP contribution in [0.15, 0.2) is 48.6 Å². The summed E-state index contributed by atoms with van der Waals surface area (Å²) in [6, 6.07) is -0.861. The normalized spacial score (nSPS) is 14.9. The summed E-state index contributed by atoms with van der Waals surface area (Å²) in [5.41, 5.74) is 0. The molecule has 0 aromatic rings. The van der Waals surface area contributed by atoms with E-state index in [0.717, 1.165) is 44.9 Å². The van der Waals surface area contributed by atoms with E-state index in [1.165, 1.54) is 109 Å². The predicted octanol–water partition coefficient (Wildman–Crippen LogP) is 11.7. The molecule has 9 heteroatoms. The van der Waals surface area contributed by atoms with Gasteiger partial charge in [0.2, 0.25) is 5.91 Å². The zero-order valence-electron chi connectivity index (χ0n) is 35.0. The van der Waals surface area contributed by atoms with Gasteiger partial charge in [-0.1, -0.05) is 159 Å². The molecule has 1 amide bonds. The minimum atomic E-state index is -4.34. The van der Waals surface area contributed by atoms with Crippen LogP contribution in [0, 0.1) is 0 Å². The van der Waals surface area contributed by atoms with Gasteiger partial charge in [0.1, 0.15) is 13.2 Å². The van der Waals surface area contributed by atoms with Crippen molar-refractivity contribution in [3.05, 3.63) is 48.6 Å². The van der Waals surface area contributed by atoms with Crippen LogP contribution in [-0.2, 0) is 18.4 Å². The maximum Gasteiger partial charge on any atom is 0.472 e. The van der Waals surface area contributed by atoms with Crippen LogP contribution in [-0.4, -0.2) is 73.4 Å². The van der Waals surface area contributed by atoms with E-state index < -0.39 is 20.0 Å². The van der Waals surface area contributed by atoms with Crippen molar-refractivity contribution >= 4 is 13.7 Å². The Morgan fingerprint density at radius 1 is 0.642 bits per heavy atom. The lowest BCUT2D eigenvalue weighted by molar-refractivity contribution is -0.870. The first kappa shape index (κ1) is 51.5. The van der Waals surface area contributed by atoms with Crippen LogP contribution in [0.4, 0.5) is 0 Å². The topological polar surface area (TPSA) is 105 Å². The Hall–Kier alpha value is -1.54. The summed E-state index contributed by atoms with van der Waals surface area (Å²) >= 11 is 0. The molecule has 3 unspecified atom stereocenters. The average molecular weight is 768 g/mol. The lowest BCUT2D eigenvalue weighted by Crippen LogP contribution is -2.45. The number of quaternary nitrogens is 1. The van der Waals surface area contributed by atoms with Gasteiger partial charge < -0.3 is 19.8 Å². The van der Waals surface area contributed by atoms with Gasteiger partial charge in [-0.15, -0.1) is 0 Å². The molecule has 0 spiro atoms. The van der Waals surface area contributed by atoms with E-state index in [-0.39, 0.29) is 19.1 Å². The largest absolute Gasteiger partial charge is 0.472 e. The Balaban J connectivity index is 4.22. The fraction of sp³-hybridized carbons (Fsp3) is 0.795. The summed E-state index contributed by atoms with van der Waals surface area (Å²) in [5, 5.41) is 13.7. The van der Waals surface area contributed by atoms with Crippen LogP contribution < -0.4 is 5.32 Å². The number of nitrogens with zero attached hydrogens (tertiary/aromatic N) is 1. The molecule has 0 heterocycles. The smallest absolute Gasteiger partial charge is 0.387 e. The lowest BCUT2D eigenvalue weighted by Gasteiger charge is -2.25. The number of hydrogen-bond donors (Lipinski definition) is 3. The minimum Gasteiger partial charge on any atom is -0.387 e. The summed E-state index contributed by atoms with van der Waals surface area (Å²) in [6.45, 7) is 4.69. The summed E-state index contributed by atoms with van der Waals surface area (Å²) < 4.78 is 23.4. The van der Waals surface area contributed by atoms with Crippen LogP contribution in [0.5, 0.6) is 0 Å². The van der Waals surface area contributed by atoms with Gasteiger partial charge in [-0.2, -0.15) is 0 Å². The van der Waals surface area contributed by atoms with E-state index in [2.05, 4.69) is 55.6 Å². The fourth-order valence-corrected chi connectivity index (χ4v) is 6.51. The zero-order chi connectivity index (χ0) is 39.3. The highest BCUT2D eigenvalue weighted by Crippen LogP contribution is 2.43. The van der Waals surface area contributed by atoms with Crippen molar-refractivity contribution in [2.75, 3.05) is 40.9 Å². The molecule has 0 aliphatic rings. The van der Waals surface area contributed by atoms with E-state index in [4.69, 9.17) is 9.05 Å². The Morgan fingerprint density at radius 2 is 1.11 bits per heavy atom. The highest BCUT2D eigenvalue weighted by atomic mass is 31.2. The molecule has 3 atom stereocenters. The molecule has 8 nitrogen and oxygen atoms in total. The van der Waals surface area contributed by atoms with Crippen molar-refractivity contribution in [1.29, 1.82) is 0 Å². The standard InChI is InChI=1S/C44H83N2O6P/c1-6-8-10-12-14-16-17-18-19-20-21-22-23-24-25-26-27-28-29-30-32-34-36-38-44(48)45-42(41-52-53(49,50)51-40-39-46(3,4)5)43(47)37-35-33-31-15-13-11-9-7-2/h13,15,17-18,20-21,35,37,42-43,47H,6-12,14,16,19,22-34,36,38-41H2,1-5H3,(H-,45,48,49,50)/p+1/b15-13+,18-17-,21-20-,37-35+. The van der Waals surface area contributed by atoms with Crippen LogP contribution in [0.2, 0.25) is 0 Å². The Morgan fingerprint density at radius 3 is 1.68 bits per heavy atom. The molecule has 0 saturated heterocycles. The SMILES string of the molecule is CCCC/C=C/CC/C=C/C(O)C(COP(=O)(O)OCC[N+](C)(C)C)NC(=O)CCCCCCCCCCCCC/C=C\C/C=C\CCCCCCC. The monoisotopic (exact) mass is 768 g/mol. The fourth-order valence-electron chi connectivity index (χ4n) is 5.78. The molecule has 310 valence electrons. The number of unbranched alkanes of at least 4 members (excludes halogenated alkanes) is 19. The van der Waals surface area contributed by atoms with Crippen LogP contribution in [0.25, 0.3) is 0 Å². The highest BCUT2D eigenvalue weighted by Gasteiger charge is 2.27. The minimum absolute atomic E-state index is 0.0541. The number of carbonyl (C=O) groups excluding carboxylic acids is 1. The Labute approximate surface area is 327 Å². The van der Waals surface area contributed by atoms with Gasteiger partial charge in [0.25, 0.3) is 0 Å². The van der Waals surface area contributed by atoms with Crippen LogP contribution >= 0.6 is 7.82 Å². The van der Waals surface area contributed by atoms with E-state index in [1.54, 1.807) is 6.08 Å². The van der Waals surface area contributed by atoms with Gasteiger partial charge in [-0.25, -0.2) is 4.57 Å². The summed E-state index contributed by atoms with van der Waals surface area (Å²) in [4.78, 5) is 23.0. The number of allylic oxidation sites excluding steroid dienone is 7. The third-order valence-corrected chi connectivity index (χ3v) is 10.3. The summed E-state index contributed by atoms with van der Waals surface area (Å²) in [7, 11) is 1.54. The summed E-state index contributed by atoms with van der Waals surface area (Å²) in [5.74, 6) is -0.195. The first-order valence-electron chi connectivity index (χ1n) is 21.5. The molecule has 0 radical (unpaired) electrons. The molecule has 3 N–H and O–H groups in total. The van der Waals surface area contributed by atoms with Gasteiger partial charge in [0.05, 0.1) is 39.9 Å². The number of carbonyl (C=O) groups is 1. The first-order valence-corrected chi connectivity index (χ1v) is 23.0. The number of rotatable bonds is 38. The molecule has 53 heavy (non-hydrogen) atoms. The Bertz CT molecular complexity index is 1010. The van der Waals surface area contributed by atoms with Crippen molar-refractivity contribution in [3.63, 3.8) is 0 Å². The number of hydrogen-bond acceptors (Lipinski definition) is 5. The van der Waals surface area contributed by atoms with E-state index >= 15 is 0 Å². The molecule has 0 rings (SSSR count). The molecule has 0 bridgehead atoms. The number of aliphatic hydroxyl groups is 1. The van der Waals surface area contributed by atoms with Gasteiger partial charge >= 0.3 is 7.82 Å². The third-order valence-electron chi connectivity index (χ3n) is 9.27. The second-order valence-corrected chi connectivity index (χ2v) is 17.2.